The van der Waals surface area contributed by atoms with Gasteiger partial charge in [-0.25, -0.2) is 14.4 Å². The minimum absolute atomic E-state index is 0.0737. The van der Waals surface area contributed by atoms with Crippen molar-refractivity contribution in [2.45, 2.75) is 46.1 Å². The zero-order valence-electron chi connectivity index (χ0n) is 19.5. The second-order valence-corrected chi connectivity index (χ2v) is 10.1. The molecule has 5 rings (SSSR count). The number of fused-ring (bicyclic) bond motifs is 1. The molecule has 174 valence electrons. The van der Waals surface area contributed by atoms with E-state index in [2.05, 4.69) is 16.7 Å². The van der Waals surface area contributed by atoms with E-state index in [9.17, 15) is 9.18 Å². The van der Waals surface area contributed by atoms with Crippen LogP contribution in [0.3, 0.4) is 0 Å². The monoisotopic (exact) mass is 467 g/mol. The van der Waals surface area contributed by atoms with Crippen molar-refractivity contribution in [3.05, 3.63) is 46.3 Å². The molecule has 1 aromatic carbocycles. The second-order valence-electron chi connectivity index (χ2n) is 9.12. The molecule has 33 heavy (non-hydrogen) atoms. The molecule has 2 fully saturated rings. The Hall–Kier alpha value is -2.74. The zero-order chi connectivity index (χ0) is 23.1. The van der Waals surface area contributed by atoms with E-state index in [1.807, 2.05) is 18.7 Å². The van der Waals surface area contributed by atoms with E-state index in [-0.39, 0.29) is 11.7 Å². The van der Waals surface area contributed by atoms with Crippen molar-refractivity contribution in [2.24, 2.45) is 0 Å². The van der Waals surface area contributed by atoms with E-state index >= 15 is 0 Å². The fraction of sp³-hybridized carbons (Fsp3) is 0.480. The maximum atomic E-state index is 13.5. The van der Waals surface area contributed by atoms with Crippen LogP contribution in [0.2, 0.25) is 0 Å². The molecule has 1 atom stereocenters. The number of carbonyl (C=O) groups is 1. The van der Waals surface area contributed by atoms with Gasteiger partial charge in [-0.2, -0.15) is 0 Å². The first-order valence-electron chi connectivity index (χ1n) is 11.8. The summed E-state index contributed by atoms with van der Waals surface area (Å²) >= 11 is 1.49. The van der Waals surface area contributed by atoms with E-state index in [4.69, 9.17) is 9.97 Å². The summed E-state index contributed by atoms with van der Waals surface area (Å²) < 4.78 is 13.2. The number of hydrogen-bond acceptors (Lipinski definition) is 6. The van der Waals surface area contributed by atoms with Crippen LogP contribution in [0, 0.1) is 19.7 Å². The summed E-state index contributed by atoms with van der Waals surface area (Å²) in [5.74, 6) is 1.58. The number of carbonyl (C=O) groups excluding carboxylic acids is 1. The van der Waals surface area contributed by atoms with Gasteiger partial charge in [0, 0.05) is 44.5 Å². The average Bonchev–Trinajstić information content (AvgIpc) is 3.15. The Bertz CT molecular complexity index is 1170. The summed E-state index contributed by atoms with van der Waals surface area (Å²) in [6, 6.07) is 7.00. The Morgan fingerprint density at radius 2 is 1.76 bits per heavy atom. The number of halogens is 1. The first-order chi connectivity index (χ1) is 15.9. The van der Waals surface area contributed by atoms with Crippen molar-refractivity contribution in [1.82, 2.24) is 14.9 Å². The molecule has 0 radical (unpaired) electrons. The standard InChI is InChI=1S/C25H30FN5OS/c1-16-6-4-5-11-31(16)23-21-17(2)22(33-24(21)28-18(3)27-23)25(32)30-14-12-29(13-15-30)20-9-7-19(26)8-10-20/h7-10,16H,4-6,11-15H2,1-3H3/t16-/m1/s1. The smallest absolute Gasteiger partial charge is 0.264 e. The predicted octanol–water partition coefficient (Wildman–Crippen LogP) is 4.79. The highest BCUT2D eigenvalue weighted by molar-refractivity contribution is 7.20. The molecule has 0 aliphatic carbocycles. The molecular formula is C25H30FN5OS. The molecular weight excluding hydrogens is 437 g/mol. The fourth-order valence-electron chi connectivity index (χ4n) is 5.01. The van der Waals surface area contributed by atoms with Crippen LogP contribution in [0.25, 0.3) is 10.2 Å². The van der Waals surface area contributed by atoms with Crippen molar-refractivity contribution in [2.75, 3.05) is 42.5 Å². The fourth-order valence-corrected chi connectivity index (χ4v) is 6.20. The SMILES string of the molecule is Cc1nc(N2CCCC[C@H]2C)c2c(C)c(C(=O)N3CCN(c4ccc(F)cc4)CC3)sc2n1. The normalized spacial score (nSPS) is 19.4. The lowest BCUT2D eigenvalue weighted by Crippen LogP contribution is -2.48. The van der Waals surface area contributed by atoms with Gasteiger partial charge >= 0.3 is 0 Å². The predicted molar refractivity (Wildman–Crippen MR) is 132 cm³/mol. The molecule has 4 heterocycles. The van der Waals surface area contributed by atoms with Crippen LogP contribution < -0.4 is 9.80 Å². The Labute approximate surface area is 198 Å². The number of piperazine rings is 1. The maximum absolute atomic E-state index is 13.5. The van der Waals surface area contributed by atoms with Crippen LogP contribution in [0.1, 0.15) is 47.2 Å². The first-order valence-corrected chi connectivity index (χ1v) is 12.6. The third kappa shape index (κ3) is 4.16. The van der Waals surface area contributed by atoms with Crippen molar-refractivity contribution < 1.29 is 9.18 Å². The minimum Gasteiger partial charge on any atom is -0.368 e. The van der Waals surface area contributed by atoms with Crippen LogP contribution in [-0.2, 0) is 0 Å². The summed E-state index contributed by atoms with van der Waals surface area (Å²) in [4.78, 5) is 31.3. The third-order valence-corrected chi connectivity index (χ3v) is 8.08. The highest BCUT2D eigenvalue weighted by Gasteiger charge is 2.29. The lowest BCUT2D eigenvalue weighted by Gasteiger charge is -2.36. The van der Waals surface area contributed by atoms with Crippen molar-refractivity contribution >= 4 is 39.0 Å². The highest BCUT2D eigenvalue weighted by atomic mass is 32.1. The van der Waals surface area contributed by atoms with E-state index in [1.165, 1.54) is 36.3 Å². The third-order valence-electron chi connectivity index (χ3n) is 6.91. The van der Waals surface area contributed by atoms with Gasteiger partial charge in [-0.1, -0.05) is 0 Å². The van der Waals surface area contributed by atoms with Gasteiger partial charge in [-0.3, -0.25) is 4.79 Å². The van der Waals surface area contributed by atoms with Gasteiger partial charge in [0.25, 0.3) is 5.91 Å². The van der Waals surface area contributed by atoms with Crippen LogP contribution in [0.5, 0.6) is 0 Å². The molecule has 2 aliphatic heterocycles. The van der Waals surface area contributed by atoms with Gasteiger partial charge in [-0.05, 0) is 69.9 Å². The van der Waals surface area contributed by atoms with Crippen molar-refractivity contribution in [1.29, 1.82) is 0 Å². The molecule has 1 amide bonds. The number of anilines is 2. The first kappa shape index (κ1) is 22.1. The Balaban J connectivity index is 1.40. The molecule has 0 saturated carbocycles. The summed E-state index contributed by atoms with van der Waals surface area (Å²) in [7, 11) is 0. The number of amides is 1. The Morgan fingerprint density at radius 3 is 2.45 bits per heavy atom. The van der Waals surface area contributed by atoms with E-state index < -0.39 is 0 Å². The average molecular weight is 468 g/mol. The van der Waals surface area contributed by atoms with Gasteiger partial charge in [-0.15, -0.1) is 11.3 Å². The van der Waals surface area contributed by atoms with E-state index in [0.717, 1.165) is 64.0 Å². The second kappa shape index (κ2) is 8.89. The summed E-state index contributed by atoms with van der Waals surface area (Å²) in [6.07, 6.45) is 3.58. The minimum atomic E-state index is -0.232. The number of piperidine rings is 1. The van der Waals surface area contributed by atoms with Gasteiger partial charge in [0.1, 0.15) is 22.3 Å². The number of nitrogens with zero attached hydrogens (tertiary/aromatic N) is 5. The lowest BCUT2D eigenvalue weighted by molar-refractivity contribution is 0.0751. The van der Waals surface area contributed by atoms with Gasteiger partial charge < -0.3 is 14.7 Å². The van der Waals surface area contributed by atoms with E-state index in [1.54, 1.807) is 12.1 Å². The lowest BCUT2D eigenvalue weighted by atomic mass is 10.0. The van der Waals surface area contributed by atoms with Gasteiger partial charge in [0.15, 0.2) is 0 Å². The number of rotatable bonds is 3. The molecule has 6 nitrogen and oxygen atoms in total. The topological polar surface area (TPSA) is 52.6 Å². The molecule has 0 N–H and O–H groups in total. The number of hydrogen-bond donors (Lipinski definition) is 0. The van der Waals surface area contributed by atoms with Crippen LogP contribution in [0.15, 0.2) is 24.3 Å². The van der Waals surface area contributed by atoms with Gasteiger partial charge in [0.2, 0.25) is 0 Å². The van der Waals surface area contributed by atoms with E-state index in [0.29, 0.717) is 19.1 Å². The number of thiophene rings is 1. The zero-order valence-corrected chi connectivity index (χ0v) is 20.3. The molecule has 2 aromatic heterocycles. The molecule has 2 saturated heterocycles. The van der Waals surface area contributed by atoms with Crippen LogP contribution in [-0.4, -0.2) is 59.5 Å². The molecule has 3 aromatic rings. The number of benzene rings is 1. The largest absolute Gasteiger partial charge is 0.368 e. The van der Waals surface area contributed by atoms with Gasteiger partial charge in [0.05, 0.1) is 10.3 Å². The highest BCUT2D eigenvalue weighted by Crippen LogP contribution is 2.38. The van der Waals surface area contributed by atoms with Crippen LogP contribution in [0.4, 0.5) is 15.9 Å². The summed E-state index contributed by atoms with van der Waals surface area (Å²) in [6.45, 7) is 9.98. The molecule has 0 bridgehead atoms. The molecule has 0 spiro atoms. The molecule has 2 aliphatic rings. The summed E-state index contributed by atoms with van der Waals surface area (Å²) in [5, 5.41) is 1.03. The van der Waals surface area contributed by atoms with Crippen molar-refractivity contribution in [3.8, 4) is 0 Å². The number of aryl methyl sites for hydroxylation is 2. The van der Waals surface area contributed by atoms with Crippen LogP contribution >= 0.6 is 11.3 Å². The Morgan fingerprint density at radius 1 is 1.03 bits per heavy atom. The molecule has 0 unspecified atom stereocenters. The molecule has 8 heteroatoms. The quantitative estimate of drug-likeness (QED) is 0.555. The van der Waals surface area contributed by atoms with Crippen molar-refractivity contribution in [3.63, 3.8) is 0 Å². The summed E-state index contributed by atoms with van der Waals surface area (Å²) in [5.41, 5.74) is 1.99. The number of aromatic nitrogens is 2. The Kier molecular flexibility index (Phi) is 5.95. The maximum Gasteiger partial charge on any atom is 0.264 e.